The molecule has 0 unspecified atom stereocenters. The zero-order chi connectivity index (χ0) is 21.7. The van der Waals surface area contributed by atoms with Crippen LogP contribution in [0.1, 0.15) is 43.9 Å². The second-order valence-electron chi connectivity index (χ2n) is 7.79. The van der Waals surface area contributed by atoms with Gasteiger partial charge in [-0.2, -0.15) is 5.10 Å². The van der Waals surface area contributed by atoms with Gasteiger partial charge in [-0.1, -0.05) is 24.3 Å². The molecule has 0 atom stereocenters. The second-order valence-corrected chi connectivity index (χ2v) is 7.79. The molecule has 3 aromatic rings. The van der Waals surface area contributed by atoms with E-state index in [9.17, 15) is 4.79 Å². The number of para-hydroxylation sites is 1. The molecule has 0 amide bonds. The van der Waals surface area contributed by atoms with E-state index in [4.69, 9.17) is 4.74 Å². The van der Waals surface area contributed by atoms with Gasteiger partial charge in [-0.3, -0.25) is 9.36 Å². The number of hydrazone groups is 1. The van der Waals surface area contributed by atoms with Gasteiger partial charge < -0.3 is 4.74 Å². The molecule has 0 spiro atoms. The van der Waals surface area contributed by atoms with Crippen LogP contribution >= 0.6 is 0 Å². The van der Waals surface area contributed by atoms with Crippen molar-refractivity contribution in [3.05, 3.63) is 69.5 Å². The first kappa shape index (κ1) is 21.7. The minimum atomic E-state index is -0.0771. The number of hydrogen-bond acceptors (Lipinski definition) is 5. The molecule has 3 rings (SSSR count). The number of benzene rings is 2. The largest absolute Gasteiger partial charge is 0.379 e. The number of fused-ring (bicyclic) bond motifs is 1. The molecule has 6 nitrogen and oxygen atoms in total. The average Bonchev–Trinajstić information content (AvgIpc) is 2.72. The van der Waals surface area contributed by atoms with Gasteiger partial charge >= 0.3 is 0 Å². The number of anilines is 1. The van der Waals surface area contributed by atoms with Gasteiger partial charge in [0, 0.05) is 13.2 Å². The van der Waals surface area contributed by atoms with Crippen molar-refractivity contribution < 1.29 is 4.74 Å². The van der Waals surface area contributed by atoms with Gasteiger partial charge in [0.25, 0.3) is 5.56 Å². The van der Waals surface area contributed by atoms with Crippen molar-refractivity contribution in [3.8, 4) is 0 Å². The van der Waals surface area contributed by atoms with E-state index in [-0.39, 0.29) is 11.7 Å². The molecule has 0 aliphatic heterocycles. The van der Waals surface area contributed by atoms with E-state index in [1.807, 2.05) is 45.0 Å². The summed E-state index contributed by atoms with van der Waals surface area (Å²) in [5.74, 6) is 0.437. The highest BCUT2D eigenvalue weighted by molar-refractivity contribution is 5.99. The van der Waals surface area contributed by atoms with Gasteiger partial charge in [0.1, 0.15) is 0 Å². The van der Waals surface area contributed by atoms with E-state index in [0.29, 0.717) is 36.4 Å². The van der Waals surface area contributed by atoms with E-state index < -0.39 is 0 Å². The highest BCUT2D eigenvalue weighted by Crippen LogP contribution is 2.14. The lowest BCUT2D eigenvalue weighted by atomic mass is 10.0. The molecular weight excluding hydrogens is 376 g/mol. The van der Waals surface area contributed by atoms with Crippen molar-refractivity contribution in [1.82, 2.24) is 9.55 Å². The minimum Gasteiger partial charge on any atom is -0.379 e. The Bertz CT molecular complexity index is 1120. The monoisotopic (exact) mass is 406 g/mol. The van der Waals surface area contributed by atoms with Crippen LogP contribution in [0.2, 0.25) is 0 Å². The lowest BCUT2D eigenvalue weighted by Gasteiger charge is -2.14. The fraction of sp³-hybridized carbons (Fsp3) is 0.375. The van der Waals surface area contributed by atoms with Gasteiger partial charge in [0.15, 0.2) is 0 Å². The number of hydrogen-bond donors (Lipinski definition) is 1. The topological polar surface area (TPSA) is 68.5 Å². The summed E-state index contributed by atoms with van der Waals surface area (Å²) in [6.07, 6.45) is 0.881. The number of rotatable bonds is 8. The molecule has 6 heteroatoms. The number of aromatic nitrogens is 2. The molecule has 0 saturated heterocycles. The fourth-order valence-electron chi connectivity index (χ4n) is 3.17. The van der Waals surface area contributed by atoms with Crippen LogP contribution in [0.3, 0.4) is 0 Å². The fourth-order valence-corrected chi connectivity index (χ4v) is 3.17. The Labute approximate surface area is 177 Å². The number of nitrogens with zero attached hydrogens (tertiary/aromatic N) is 3. The van der Waals surface area contributed by atoms with Crippen molar-refractivity contribution in [2.24, 2.45) is 5.10 Å². The molecule has 1 heterocycles. The van der Waals surface area contributed by atoms with Gasteiger partial charge in [0.05, 0.1) is 22.7 Å². The predicted octanol–water partition coefficient (Wildman–Crippen LogP) is 4.66. The third-order valence-electron chi connectivity index (χ3n) is 5.09. The lowest BCUT2D eigenvalue weighted by molar-refractivity contribution is 0.0748. The Morgan fingerprint density at radius 2 is 1.93 bits per heavy atom. The third kappa shape index (κ3) is 5.13. The molecule has 1 N–H and O–H groups in total. The molecule has 1 aromatic heterocycles. The first-order chi connectivity index (χ1) is 14.4. The Kier molecular flexibility index (Phi) is 7.00. The van der Waals surface area contributed by atoms with Crippen LogP contribution in [0, 0.1) is 13.8 Å². The highest BCUT2D eigenvalue weighted by Gasteiger charge is 2.11. The molecule has 158 valence electrons. The van der Waals surface area contributed by atoms with E-state index >= 15 is 0 Å². The first-order valence-electron chi connectivity index (χ1n) is 10.4. The SMILES string of the molecule is C/C(=N/Nc1nc2ccccc2c(=O)n1CCCOC(C)C)c1ccc(C)c(C)c1. The normalized spacial score (nSPS) is 12.0. The Morgan fingerprint density at radius 1 is 1.17 bits per heavy atom. The number of aryl methyl sites for hydroxylation is 2. The molecular formula is C24H30N4O2. The van der Waals surface area contributed by atoms with E-state index in [0.717, 1.165) is 11.3 Å². The zero-order valence-corrected chi connectivity index (χ0v) is 18.4. The quantitative estimate of drug-likeness (QED) is 0.335. The molecule has 0 radical (unpaired) electrons. The van der Waals surface area contributed by atoms with Crippen LogP contribution in [0.15, 0.2) is 52.4 Å². The van der Waals surface area contributed by atoms with Crippen molar-refractivity contribution >= 4 is 22.6 Å². The van der Waals surface area contributed by atoms with Crippen molar-refractivity contribution in [2.45, 2.75) is 53.7 Å². The summed E-state index contributed by atoms with van der Waals surface area (Å²) in [5.41, 5.74) is 7.92. The summed E-state index contributed by atoms with van der Waals surface area (Å²) >= 11 is 0. The molecule has 2 aromatic carbocycles. The molecule has 0 fully saturated rings. The van der Waals surface area contributed by atoms with Crippen LogP contribution in [0.5, 0.6) is 0 Å². The molecule has 0 saturated carbocycles. The summed E-state index contributed by atoms with van der Waals surface area (Å²) in [7, 11) is 0. The standard InChI is InChI=1S/C24H30N4O2/c1-16(2)30-14-8-13-28-23(29)21-9-6-7-10-22(21)25-24(28)27-26-19(5)20-12-11-17(3)18(4)15-20/h6-7,9-12,15-16H,8,13-14H2,1-5H3,(H,25,27)/b26-19-. The number of nitrogens with one attached hydrogen (secondary N) is 1. The molecule has 30 heavy (non-hydrogen) atoms. The third-order valence-corrected chi connectivity index (χ3v) is 5.09. The van der Waals surface area contributed by atoms with Crippen LogP contribution in [-0.4, -0.2) is 28.0 Å². The van der Waals surface area contributed by atoms with Crippen LogP contribution in [0.25, 0.3) is 10.9 Å². The van der Waals surface area contributed by atoms with Crippen LogP contribution in [-0.2, 0) is 11.3 Å². The van der Waals surface area contributed by atoms with Gasteiger partial charge in [-0.05, 0) is 75.9 Å². The van der Waals surface area contributed by atoms with Crippen LogP contribution in [0.4, 0.5) is 5.95 Å². The Balaban J connectivity index is 1.91. The highest BCUT2D eigenvalue weighted by atomic mass is 16.5. The maximum absolute atomic E-state index is 13.1. The minimum absolute atomic E-state index is 0.0771. The molecule has 0 bridgehead atoms. The summed E-state index contributed by atoms with van der Waals surface area (Å²) in [4.78, 5) is 17.7. The summed E-state index contributed by atoms with van der Waals surface area (Å²) in [6, 6.07) is 13.6. The second kappa shape index (κ2) is 9.67. The number of ether oxygens (including phenoxy) is 1. The Morgan fingerprint density at radius 3 is 2.67 bits per heavy atom. The lowest BCUT2D eigenvalue weighted by Crippen LogP contribution is -2.25. The summed E-state index contributed by atoms with van der Waals surface area (Å²) in [5, 5.41) is 5.11. The van der Waals surface area contributed by atoms with Gasteiger partial charge in [0.2, 0.25) is 5.95 Å². The summed E-state index contributed by atoms with van der Waals surface area (Å²) < 4.78 is 7.27. The smallest absolute Gasteiger partial charge is 0.262 e. The van der Waals surface area contributed by atoms with Gasteiger partial charge in [-0.15, -0.1) is 0 Å². The van der Waals surface area contributed by atoms with Crippen molar-refractivity contribution in [2.75, 3.05) is 12.0 Å². The zero-order valence-electron chi connectivity index (χ0n) is 18.4. The van der Waals surface area contributed by atoms with E-state index in [1.165, 1.54) is 11.1 Å². The van der Waals surface area contributed by atoms with Gasteiger partial charge in [-0.25, -0.2) is 10.4 Å². The first-order valence-corrected chi connectivity index (χ1v) is 10.4. The van der Waals surface area contributed by atoms with E-state index in [2.05, 4.69) is 41.5 Å². The van der Waals surface area contributed by atoms with Crippen molar-refractivity contribution in [1.29, 1.82) is 0 Å². The predicted molar refractivity (Wildman–Crippen MR) is 123 cm³/mol. The summed E-state index contributed by atoms with van der Waals surface area (Å²) in [6.45, 7) is 11.2. The van der Waals surface area contributed by atoms with Crippen molar-refractivity contribution in [3.63, 3.8) is 0 Å². The maximum atomic E-state index is 13.1. The van der Waals surface area contributed by atoms with Crippen LogP contribution < -0.4 is 11.0 Å². The average molecular weight is 407 g/mol. The molecule has 0 aliphatic carbocycles. The molecule has 0 aliphatic rings. The van der Waals surface area contributed by atoms with E-state index in [1.54, 1.807) is 10.6 Å². The Hall–Kier alpha value is -2.99. The maximum Gasteiger partial charge on any atom is 0.262 e.